The second-order valence-corrected chi connectivity index (χ2v) is 5.87. The molecular weight excluding hydrogens is 258 g/mol. The molecular formula is C14H21N3O3. The molecule has 6 heteroatoms. The third-order valence-electron chi connectivity index (χ3n) is 4.08. The zero-order valence-corrected chi connectivity index (χ0v) is 11.9. The van der Waals surface area contributed by atoms with E-state index >= 15 is 0 Å². The standard InChI is InChI=1S/C14H21N3O3/c1-10-3-5-14(18,6-4-10)9-16-13-7-11(2)12(8-15-13)17(19)20/h7-8,10,18H,3-6,9H2,1-2H3,(H,15,16). The molecule has 0 amide bonds. The van der Waals surface area contributed by atoms with Gasteiger partial charge in [-0.2, -0.15) is 0 Å². The summed E-state index contributed by atoms with van der Waals surface area (Å²) in [6.45, 7) is 4.32. The number of rotatable bonds is 4. The summed E-state index contributed by atoms with van der Waals surface area (Å²) in [5.74, 6) is 1.25. The van der Waals surface area contributed by atoms with Gasteiger partial charge >= 0.3 is 0 Å². The second-order valence-electron chi connectivity index (χ2n) is 5.87. The van der Waals surface area contributed by atoms with Crippen LogP contribution in [0.3, 0.4) is 0 Å². The van der Waals surface area contributed by atoms with Crippen LogP contribution in [-0.2, 0) is 0 Å². The Morgan fingerprint density at radius 1 is 1.55 bits per heavy atom. The third kappa shape index (κ3) is 3.45. The van der Waals surface area contributed by atoms with Crippen LogP contribution in [0, 0.1) is 23.0 Å². The smallest absolute Gasteiger partial charge is 0.290 e. The van der Waals surface area contributed by atoms with Gasteiger partial charge in [-0.05, 0) is 44.6 Å². The molecule has 6 nitrogen and oxygen atoms in total. The van der Waals surface area contributed by atoms with Gasteiger partial charge in [0.1, 0.15) is 12.0 Å². The van der Waals surface area contributed by atoms with Crippen molar-refractivity contribution >= 4 is 11.5 Å². The van der Waals surface area contributed by atoms with E-state index in [2.05, 4.69) is 17.2 Å². The molecule has 0 radical (unpaired) electrons. The van der Waals surface area contributed by atoms with Crippen molar-refractivity contribution in [3.63, 3.8) is 0 Å². The summed E-state index contributed by atoms with van der Waals surface area (Å²) in [5, 5.41) is 24.3. The van der Waals surface area contributed by atoms with Gasteiger partial charge in [0.15, 0.2) is 0 Å². The van der Waals surface area contributed by atoms with E-state index in [0.717, 1.165) is 25.7 Å². The lowest BCUT2D eigenvalue weighted by molar-refractivity contribution is -0.385. The van der Waals surface area contributed by atoms with Crippen LogP contribution in [0.4, 0.5) is 11.5 Å². The largest absolute Gasteiger partial charge is 0.388 e. The van der Waals surface area contributed by atoms with Gasteiger partial charge in [0.05, 0.1) is 10.5 Å². The Hall–Kier alpha value is -1.69. The lowest BCUT2D eigenvalue weighted by atomic mass is 9.79. The van der Waals surface area contributed by atoms with Crippen LogP contribution in [0.1, 0.15) is 38.2 Å². The van der Waals surface area contributed by atoms with E-state index in [9.17, 15) is 15.2 Å². The molecule has 0 saturated heterocycles. The van der Waals surface area contributed by atoms with Crippen LogP contribution in [0.2, 0.25) is 0 Å². The van der Waals surface area contributed by atoms with Crippen molar-refractivity contribution < 1.29 is 10.0 Å². The van der Waals surface area contributed by atoms with Crippen LogP contribution in [-0.4, -0.2) is 27.2 Å². The molecule has 0 unspecified atom stereocenters. The van der Waals surface area contributed by atoms with E-state index in [0.29, 0.717) is 23.8 Å². The normalized spacial score (nSPS) is 26.2. The topological polar surface area (TPSA) is 88.3 Å². The SMILES string of the molecule is Cc1cc(NCC2(O)CCC(C)CC2)ncc1[N+](=O)[O-]. The fourth-order valence-corrected chi connectivity index (χ4v) is 2.57. The average molecular weight is 279 g/mol. The Labute approximate surface area is 118 Å². The average Bonchev–Trinajstić information content (AvgIpc) is 2.40. The Bertz CT molecular complexity index is 496. The second kappa shape index (κ2) is 5.75. The molecule has 110 valence electrons. The number of aromatic nitrogens is 1. The summed E-state index contributed by atoms with van der Waals surface area (Å²) in [4.78, 5) is 14.3. The number of nitro groups is 1. The molecule has 2 rings (SSSR count). The molecule has 2 N–H and O–H groups in total. The van der Waals surface area contributed by atoms with Gasteiger partial charge in [-0.15, -0.1) is 0 Å². The number of hydrogen-bond donors (Lipinski definition) is 2. The van der Waals surface area contributed by atoms with E-state index in [1.165, 1.54) is 6.20 Å². The van der Waals surface area contributed by atoms with Crippen LogP contribution in [0.5, 0.6) is 0 Å². The molecule has 1 saturated carbocycles. The highest BCUT2D eigenvalue weighted by atomic mass is 16.6. The molecule has 1 aliphatic rings. The van der Waals surface area contributed by atoms with E-state index in [4.69, 9.17) is 0 Å². The monoisotopic (exact) mass is 279 g/mol. The van der Waals surface area contributed by atoms with E-state index < -0.39 is 10.5 Å². The van der Waals surface area contributed by atoms with Crippen LogP contribution >= 0.6 is 0 Å². The van der Waals surface area contributed by atoms with Gasteiger partial charge in [0, 0.05) is 12.1 Å². The molecule has 1 aromatic rings. The van der Waals surface area contributed by atoms with Crippen molar-refractivity contribution in [1.29, 1.82) is 0 Å². The number of hydrogen-bond acceptors (Lipinski definition) is 5. The first kappa shape index (κ1) is 14.7. The molecule has 1 aromatic heterocycles. The predicted octanol–water partition coefficient (Wildman–Crippen LogP) is 2.65. The maximum absolute atomic E-state index is 10.7. The van der Waals surface area contributed by atoms with Crippen molar-refractivity contribution in [2.45, 2.75) is 45.1 Å². The number of anilines is 1. The lowest BCUT2D eigenvalue weighted by Gasteiger charge is -2.35. The quantitative estimate of drug-likeness (QED) is 0.653. The number of nitrogens with zero attached hydrogens (tertiary/aromatic N) is 2. The molecule has 1 fully saturated rings. The fraction of sp³-hybridized carbons (Fsp3) is 0.643. The van der Waals surface area contributed by atoms with E-state index in [1.54, 1.807) is 13.0 Å². The van der Waals surface area contributed by atoms with Crippen LogP contribution in [0.15, 0.2) is 12.3 Å². The first-order valence-corrected chi connectivity index (χ1v) is 6.97. The van der Waals surface area contributed by atoms with Gasteiger partial charge < -0.3 is 10.4 Å². The molecule has 20 heavy (non-hydrogen) atoms. The number of aryl methyl sites for hydroxylation is 1. The minimum absolute atomic E-state index is 0.0146. The first-order valence-electron chi connectivity index (χ1n) is 6.97. The minimum atomic E-state index is -0.691. The zero-order chi connectivity index (χ0) is 14.8. The Kier molecular flexibility index (Phi) is 4.23. The van der Waals surface area contributed by atoms with Gasteiger partial charge in [0.25, 0.3) is 5.69 Å². The molecule has 1 heterocycles. The summed E-state index contributed by atoms with van der Waals surface area (Å²) < 4.78 is 0. The Morgan fingerprint density at radius 3 is 2.75 bits per heavy atom. The Balaban J connectivity index is 1.97. The summed E-state index contributed by atoms with van der Waals surface area (Å²) in [7, 11) is 0. The molecule has 0 aliphatic heterocycles. The highest BCUT2D eigenvalue weighted by Crippen LogP contribution is 2.32. The van der Waals surface area contributed by atoms with Crippen molar-refractivity contribution in [1.82, 2.24) is 4.98 Å². The maximum atomic E-state index is 10.7. The van der Waals surface area contributed by atoms with E-state index in [-0.39, 0.29) is 5.69 Å². The number of aliphatic hydroxyl groups is 1. The highest BCUT2D eigenvalue weighted by molar-refractivity contribution is 5.47. The number of nitrogens with one attached hydrogen (secondary N) is 1. The number of pyridine rings is 1. The van der Waals surface area contributed by atoms with Crippen molar-refractivity contribution in [2.24, 2.45) is 5.92 Å². The van der Waals surface area contributed by atoms with Crippen LogP contribution < -0.4 is 5.32 Å². The molecule has 0 spiro atoms. The van der Waals surface area contributed by atoms with E-state index in [1.807, 2.05) is 0 Å². The summed E-state index contributed by atoms with van der Waals surface area (Å²) in [6, 6.07) is 1.65. The van der Waals surface area contributed by atoms with Crippen molar-refractivity contribution in [2.75, 3.05) is 11.9 Å². The zero-order valence-electron chi connectivity index (χ0n) is 11.9. The fourth-order valence-electron chi connectivity index (χ4n) is 2.57. The van der Waals surface area contributed by atoms with Gasteiger partial charge in [-0.25, -0.2) is 4.98 Å². The Morgan fingerprint density at radius 2 is 2.20 bits per heavy atom. The van der Waals surface area contributed by atoms with Gasteiger partial charge in [-0.1, -0.05) is 6.92 Å². The maximum Gasteiger partial charge on any atom is 0.290 e. The van der Waals surface area contributed by atoms with Gasteiger partial charge in [-0.3, -0.25) is 10.1 Å². The van der Waals surface area contributed by atoms with Gasteiger partial charge in [0.2, 0.25) is 0 Å². The summed E-state index contributed by atoms with van der Waals surface area (Å²) in [6.07, 6.45) is 4.89. The molecule has 1 aliphatic carbocycles. The first-order chi connectivity index (χ1) is 9.39. The molecule has 0 atom stereocenters. The molecule has 0 aromatic carbocycles. The summed E-state index contributed by atoms with van der Waals surface area (Å²) >= 11 is 0. The van der Waals surface area contributed by atoms with Crippen LogP contribution in [0.25, 0.3) is 0 Å². The third-order valence-corrected chi connectivity index (χ3v) is 4.08. The van der Waals surface area contributed by atoms with Crippen molar-refractivity contribution in [3.8, 4) is 0 Å². The highest BCUT2D eigenvalue weighted by Gasteiger charge is 2.31. The molecule has 0 bridgehead atoms. The van der Waals surface area contributed by atoms with Crippen molar-refractivity contribution in [3.05, 3.63) is 27.9 Å². The summed E-state index contributed by atoms with van der Waals surface area (Å²) in [5.41, 5.74) is -0.110. The minimum Gasteiger partial charge on any atom is -0.388 e. The lowest BCUT2D eigenvalue weighted by Crippen LogP contribution is -2.40. The predicted molar refractivity (Wildman–Crippen MR) is 76.7 cm³/mol.